The molecular formula is C12H16N2. The van der Waals surface area contributed by atoms with Gasteiger partial charge in [0.15, 0.2) is 0 Å². The van der Waals surface area contributed by atoms with Gasteiger partial charge >= 0.3 is 0 Å². The second kappa shape index (κ2) is 3.71. The van der Waals surface area contributed by atoms with Crippen molar-refractivity contribution in [3.05, 3.63) is 23.4 Å². The molecule has 0 saturated carbocycles. The van der Waals surface area contributed by atoms with Gasteiger partial charge in [-0.15, -0.1) is 0 Å². The summed E-state index contributed by atoms with van der Waals surface area (Å²) in [5.41, 5.74) is 7.66. The smallest absolute Gasteiger partial charge is 0.139 e. The Morgan fingerprint density at radius 3 is 2.50 bits per heavy atom. The molecule has 0 amide bonds. The first-order chi connectivity index (χ1) is 6.40. The fraction of sp³-hybridized carbons (Fsp3) is 0.417. The van der Waals surface area contributed by atoms with Crippen molar-refractivity contribution in [3.8, 4) is 11.8 Å². The zero-order valence-corrected chi connectivity index (χ0v) is 9.18. The molecule has 1 aromatic rings. The molecule has 0 spiro atoms. The van der Waals surface area contributed by atoms with Crippen molar-refractivity contribution in [2.24, 2.45) is 5.41 Å². The van der Waals surface area contributed by atoms with Crippen molar-refractivity contribution < 1.29 is 0 Å². The van der Waals surface area contributed by atoms with Crippen molar-refractivity contribution in [1.29, 1.82) is 0 Å². The van der Waals surface area contributed by atoms with Crippen LogP contribution in [0.4, 0.5) is 5.82 Å². The van der Waals surface area contributed by atoms with Crippen LogP contribution in [0, 0.1) is 24.2 Å². The highest BCUT2D eigenvalue weighted by atomic mass is 14.8. The van der Waals surface area contributed by atoms with Gasteiger partial charge in [0.05, 0.1) is 5.56 Å². The first kappa shape index (κ1) is 10.6. The number of nitrogen functional groups attached to an aromatic ring is 1. The maximum absolute atomic E-state index is 5.74. The van der Waals surface area contributed by atoms with Gasteiger partial charge < -0.3 is 5.73 Å². The third kappa shape index (κ3) is 2.77. The van der Waals surface area contributed by atoms with Gasteiger partial charge in [-0.3, -0.25) is 0 Å². The zero-order valence-electron chi connectivity index (χ0n) is 9.18. The topological polar surface area (TPSA) is 38.9 Å². The molecule has 0 aliphatic rings. The summed E-state index contributed by atoms with van der Waals surface area (Å²) in [6.07, 6.45) is 1.70. The Morgan fingerprint density at radius 1 is 1.36 bits per heavy atom. The third-order valence-corrected chi connectivity index (χ3v) is 1.75. The average Bonchev–Trinajstić information content (AvgIpc) is 2.01. The number of rotatable bonds is 0. The van der Waals surface area contributed by atoms with Crippen LogP contribution in [0.2, 0.25) is 0 Å². The lowest BCUT2D eigenvalue weighted by Gasteiger charge is -2.07. The number of nitrogens with two attached hydrogens (primary N) is 1. The minimum Gasteiger partial charge on any atom is -0.383 e. The SMILES string of the molecule is Cc1ccnc(N)c1C#CC(C)(C)C. The van der Waals surface area contributed by atoms with Crippen LogP contribution in [-0.4, -0.2) is 4.98 Å². The quantitative estimate of drug-likeness (QED) is 0.635. The maximum Gasteiger partial charge on any atom is 0.139 e. The lowest BCUT2D eigenvalue weighted by atomic mass is 9.97. The summed E-state index contributed by atoms with van der Waals surface area (Å²) >= 11 is 0. The van der Waals surface area contributed by atoms with Crippen molar-refractivity contribution >= 4 is 5.82 Å². The van der Waals surface area contributed by atoms with Crippen molar-refractivity contribution in [3.63, 3.8) is 0 Å². The van der Waals surface area contributed by atoms with Crippen LogP contribution in [0.3, 0.4) is 0 Å². The van der Waals surface area contributed by atoms with Crippen LogP contribution in [0.1, 0.15) is 31.9 Å². The van der Waals surface area contributed by atoms with Crippen LogP contribution in [0.15, 0.2) is 12.3 Å². The first-order valence-corrected chi connectivity index (χ1v) is 4.64. The third-order valence-electron chi connectivity index (χ3n) is 1.75. The summed E-state index contributed by atoms with van der Waals surface area (Å²) in [5.74, 6) is 6.75. The second-order valence-electron chi connectivity index (χ2n) is 4.39. The normalized spacial score (nSPS) is 10.6. The van der Waals surface area contributed by atoms with E-state index in [9.17, 15) is 0 Å². The summed E-state index contributed by atoms with van der Waals surface area (Å²) in [7, 11) is 0. The number of aromatic nitrogens is 1. The van der Waals surface area contributed by atoms with Crippen LogP contribution >= 0.6 is 0 Å². The molecule has 0 fully saturated rings. The Bertz CT molecular complexity index is 369. The summed E-state index contributed by atoms with van der Waals surface area (Å²) in [6.45, 7) is 8.20. The van der Waals surface area contributed by atoms with E-state index in [1.165, 1.54) is 0 Å². The Labute approximate surface area is 85.5 Å². The molecule has 1 heterocycles. The molecule has 0 aromatic carbocycles. The largest absolute Gasteiger partial charge is 0.383 e. The van der Waals surface area contributed by atoms with Crippen molar-refractivity contribution in [1.82, 2.24) is 4.98 Å². The molecule has 0 radical (unpaired) electrons. The van der Waals surface area contributed by atoms with Crippen molar-refractivity contribution in [2.45, 2.75) is 27.7 Å². The molecule has 0 bridgehead atoms. The number of nitrogens with zero attached hydrogens (tertiary/aromatic N) is 1. The molecule has 2 nitrogen and oxygen atoms in total. The summed E-state index contributed by atoms with van der Waals surface area (Å²) in [6, 6.07) is 1.92. The molecule has 0 aliphatic heterocycles. The lowest BCUT2D eigenvalue weighted by molar-refractivity contribution is 0.571. The number of anilines is 1. The molecule has 1 aromatic heterocycles. The molecule has 1 rings (SSSR count). The number of hydrogen-bond acceptors (Lipinski definition) is 2. The monoisotopic (exact) mass is 188 g/mol. The summed E-state index contributed by atoms with van der Waals surface area (Å²) < 4.78 is 0. The van der Waals surface area contributed by atoms with Gasteiger partial charge in [-0.05, 0) is 39.3 Å². The molecule has 74 valence electrons. The molecule has 0 aliphatic carbocycles. The Hall–Kier alpha value is -1.49. The van der Waals surface area contributed by atoms with E-state index in [1.54, 1.807) is 6.20 Å². The van der Waals surface area contributed by atoms with Crippen molar-refractivity contribution in [2.75, 3.05) is 5.73 Å². The molecule has 0 unspecified atom stereocenters. The van der Waals surface area contributed by atoms with Gasteiger partial charge in [-0.2, -0.15) is 0 Å². The number of aryl methyl sites for hydroxylation is 1. The van der Waals surface area contributed by atoms with E-state index in [0.29, 0.717) is 5.82 Å². The highest BCUT2D eigenvalue weighted by molar-refractivity contribution is 5.54. The molecule has 0 saturated heterocycles. The van der Waals surface area contributed by atoms with Crippen LogP contribution in [0.5, 0.6) is 0 Å². The fourth-order valence-corrected chi connectivity index (χ4v) is 0.992. The predicted molar refractivity (Wildman–Crippen MR) is 59.7 cm³/mol. The lowest BCUT2D eigenvalue weighted by Crippen LogP contribution is -2.01. The molecule has 14 heavy (non-hydrogen) atoms. The van der Waals surface area contributed by atoms with Gasteiger partial charge in [-0.25, -0.2) is 4.98 Å². The Morgan fingerprint density at radius 2 is 2.00 bits per heavy atom. The summed E-state index contributed by atoms with van der Waals surface area (Å²) in [4.78, 5) is 4.02. The van der Waals surface area contributed by atoms with E-state index in [0.717, 1.165) is 11.1 Å². The van der Waals surface area contributed by atoms with Gasteiger partial charge in [0.2, 0.25) is 0 Å². The zero-order chi connectivity index (χ0) is 10.8. The molecule has 0 atom stereocenters. The van der Waals surface area contributed by atoms with Crippen LogP contribution in [-0.2, 0) is 0 Å². The van der Waals surface area contributed by atoms with E-state index < -0.39 is 0 Å². The Balaban J connectivity index is 3.13. The van der Waals surface area contributed by atoms with E-state index in [-0.39, 0.29) is 5.41 Å². The second-order valence-corrected chi connectivity index (χ2v) is 4.39. The molecular weight excluding hydrogens is 172 g/mol. The van der Waals surface area contributed by atoms with Gasteiger partial charge in [0.25, 0.3) is 0 Å². The van der Waals surface area contributed by atoms with E-state index in [1.807, 2.05) is 13.0 Å². The van der Waals surface area contributed by atoms with Gasteiger partial charge in [0.1, 0.15) is 5.82 Å². The minimum absolute atomic E-state index is 0.00524. The molecule has 2 N–H and O–H groups in total. The first-order valence-electron chi connectivity index (χ1n) is 4.64. The highest BCUT2D eigenvalue weighted by Gasteiger charge is 2.05. The highest BCUT2D eigenvalue weighted by Crippen LogP contribution is 2.14. The fourth-order valence-electron chi connectivity index (χ4n) is 0.992. The van der Waals surface area contributed by atoms with Gasteiger partial charge in [0, 0.05) is 11.6 Å². The van der Waals surface area contributed by atoms with Crippen LogP contribution in [0.25, 0.3) is 0 Å². The minimum atomic E-state index is -0.00524. The predicted octanol–water partition coefficient (Wildman–Crippen LogP) is 2.37. The van der Waals surface area contributed by atoms with E-state index in [4.69, 9.17) is 5.73 Å². The van der Waals surface area contributed by atoms with E-state index >= 15 is 0 Å². The summed E-state index contributed by atoms with van der Waals surface area (Å²) in [5, 5.41) is 0. The number of hydrogen-bond donors (Lipinski definition) is 1. The van der Waals surface area contributed by atoms with E-state index in [2.05, 4.69) is 37.6 Å². The number of pyridine rings is 1. The maximum atomic E-state index is 5.74. The van der Waals surface area contributed by atoms with Crippen LogP contribution < -0.4 is 5.73 Å². The Kier molecular flexibility index (Phi) is 2.81. The average molecular weight is 188 g/mol. The molecule has 2 heteroatoms. The standard InChI is InChI=1S/C12H16N2/c1-9-6-8-14-11(13)10(9)5-7-12(2,3)4/h6,8H,1-4H3,(H2,13,14). The van der Waals surface area contributed by atoms with Gasteiger partial charge in [-0.1, -0.05) is 11.8 Å².